The van der Waals surface area contributed by atoms with E-state index in [1.165, 1.54) is 6.92 Å². The molecule has 0 aliphatic carbocycles. The van der Waals surface area contributed by atoms with Gasteiger partial charge in [-0.1, -0.05) is 0 Å². The average molecular weight is 264 g/mol. The van der Waals surface area contributed by atoms with Gasteiger partial charge >= 0.3 is 58.4 Å². The first-order valence-corrected chi connectivity index (χ1v) is 4.09. The van der Waals surface area contributed by atoms with E-state index in [-0.39, 0.29) is 62.7 Å². The Bertz CT molecular complexity index is 368. The number of halogens is 5. The average Bonchev–Trinajstić information content (AvgIpc) is 2.07. The fourth-order valence-corrected chi connectivity index (χ4v) is 0.968. The van der Waals surface area contributed by atoms with Crippen molar-refractivity contribution in [2.45, 2.75) is 6.92 Å². The molecule has 0 fully saturated rings. The fraction of sp³-hybridized carbons (Fsp3) is 0.250. The minimum absolute atomic E-state index is 0. The number of hydrogen-bond acceptors (Lipinski definition) is 1. The predicted molar refractivity (Wildman–Crippen MR) is 45.7 cm³/mol. The Balaban J connectivity index is 0.00000225. The maximum Gasteiger partial charge on any atom is 1.00 e. The van der Waals surface area contributed by atoms with Gasteiger partial charge in [-0.2, -0.15) is 0 Å². The third-order valence-electron chi connectivity index (χ3n) is 1.65. The van der Waals surface area contributed by atoms with Crippen molar-refractivity contribution in [1.82, 2.24) is 0 Å². The van der Waals surface area contributed by atoms with Crippen LogP contribution >= 0.6 is 0 Å². The van der Waals surface area contributed by atoms with Crippen LogP contribution in [0.3, 0.4) is 0 Å². The van der Waals surface area contributed by atoms with Crippen molar-refractivity contribution in [3.63, 3.8) is 0 Å². The minimum Gasteiger partial charge on any atom is -0.521 e. The van der Waals surface area contributed by atoms with E-state index in [1.807, 2.05) is 0 Å². The van der Waals surface area contributed by atoms with E-state index in [9.17, 15) is 21.7 Å². The van der Waals surface area contributed by atoms with Crippen LogP contribution in [-0.4, -0.2) is 13.5 Å². The van der Waals surface area contributed by atoms with Crippen molar-refractivity contribution in [3.05, 3.63) is 29.3 Å². The first-order valence-electron chi connectivity index (χ1n) is 4.09. The Kier molecular flexibility index (Phi) is 6.49. The molecule has 0 spiro atoms. The van der Waals surface area contributed by atoms with E-state index >= 15 is 0 Å². The maximum absolute atomic E-state index is 12.6. The van der Waals surface area contributed by atoms with Gasteiger partial charge in [-0.25, -0.2) is 8.78 Å². The van der Waals surface area contributed by atoms with Crippen LogP contribution in [0.2, 0.25) is 0 Å². The Labute approximate surface area is 132 Å². The number of rotatable bonds is 3. The van der Waals surface area contributed by atoms with Crippen molar-refractivity contribution in [2.24, 2.45) is 0 Å². The number of hydrogen-bond donors (Lipinski definition) is 0. The van der Waals surface area contributed by atoms with E-state index in [4.69, 9.17) is 0 Å². The monoisotopic (exact) mass is 264 g/mol. The van der Waals surface area contributed by atoms with Gasteiger partial charge in [0.25, 0.3) is 0 Å². The molecule has 1 rings (SSSR count). The second kappa shape index (κ2) is 6.34. The molecule has 0 atom stereocenters. The SMILES string of the molecule is Cc1cc(F)c(F)cc1OC[B-](F)(F)F.[K+]. The van der Waals surface area contributed by atoms with E-state index < -0.39 is 25.1 Å². The topological polar surface area (TPSA) is 9.23 Å². The predicted octanol–water partition coefficient (Wildman–Crippen LogP) is 0.0426. The molecule has 1 aromatic carbocycles. The van der Waals surface area contributed by atoms with Gasteiger partial charge in [-0.05, 0) is 18.6 Å². The van der Waals surface area contributed by atoms with E-state index in [0.717, 1.165) is 6.07 Å². The third-order valence-corrected chi connectivity index (χ3v) is 1.65. The number of aryl methyl sites for hydroxylation is 1. The summed E-state index contributed by atoms with van der Waals surface area (Å²) in [6.45, 7) is -5.23. The minimum atomic E-state index is -5.10. The molecule has 0 radical (unpaired) electrons. The summed E-state index contributed by atoms with van der Waals surface area (Å²) in [6, 6.07) is 1.39. The number of benzene rings is 1. The third kappa shape index (κ3) is 5.13. The molecule has 1 nitrogen and oxygen atoms in total. The molecule has 1 aromatic rings. The van der Waals surface area contributed by atoms with E-state index in [1.54, 1.807) is 0 Å². The Morgan fingerprint density at radius 2 is 1.62 bits per heavy atom. The van der Waals surface area contributed by atoms with E-state index in [2.05, 4.69) is 4.74 Å². The molecule has 0 unspecified atom stereocenters. The first-order chi connectivity index (χ1) is 6.79. The van der Waals surface area contributed by atoms with Crippen LogP contribution in [0.5, 0.6) is 5.75 Å². The molecule has 84 valence electrons. The summed E-state index contributed by atoms with van der Waals surface area (Å²) >= 11 is 0. The first kappa shape index (κ1) is 16.4. The zero-order chi connectivity index (χ0) is 11.6. The zero-order valence-corrected chi connectivity index (χ0v) is 11.9. The summed E-state index contributed by atoms with van der Waals surface area (Å²) in [5.74, 6) is -2.64. The van der Waals surface area contributed by atoms with Crippen molar-refractivity contribution in [1.29, 1.82) is 0 Å². The van der Waals surface area contributed by atoms with Gasteiger partial charge in [0.1, 0.15) is 5.75 Å². The van der Waals surface area contributed by atoms with Gasteiger partial charge in [0.15, 0.2) is 11.6 Å². The van der Waals surface area contributed by atoms with Crippen LogP contribution in [0, 0.1) is 18.6 Å². The molecule has 16 heavy (non-hydrogen) atoms. The summed E-state index contributed by atoms with van der Waals surface area (Å²) < 4.78 is 65.0. The maximum atomic E-state index is 12.6. The van der Waals surface area contributed by atoms with Gasteiger partial charge in [0.2, 0.25) is 0 Å². The molecule has 0 saturated heterocycles. The number of ether oxygens (including phenoxy) is 1. The molecule has 0 aromatic heterocycles. The zero-order valence-electron chi connectivity index (χ0n) is 8.74. The second-order valence-corrected chi connectivity index (χ2v) is 3.05. The Hall–Kier alpha value is 0.371. The van der Waals surface area contributed by atoms with E-state index in [0.29, 0.717) is 6.07 Å². The van der Waals surface area contributed by atoms with Gasteiger partial charge in [0, 0.05) is 6.07 Å². The molecule has 0 N–H and O–H groups in total. The summed E-state index contributed by atoms with van der Waals surface area (Å²) in [5.41, 5.74) is 0.119. The molecule has 0 bridgehead atoms. The second-order valence-electron chi connectivity index (χ2n) is 3.05. The van der Waals surface area contributed by atoms with Crippen LogP contribution in [-0.2, 0) is 0 Å². The normalized spacial score (nSPS) is 10.9. The van der Waals surface area contributed by atoms with Crippen molar-refractivity contribution in [2.75, 3.05) is 6.51 Å². The quantitative estimate of drug-likeness (QED) is 0.553. The summed E-state index contributed by atoms with van der Waals surface area (Å²) in [6.07, 6.45) is 0. The Morgan fingerprint density at radius 3 is 2.12 bits per heavy atom. The van der Waals surface area contributed by atoms with Gasteiger partial charge < -0.3 is 17.7 Å². The molecule has 0 heterocycles. The largest absolute Gasteiger partial charge is 1.00 e. The molecule has 0 amide bonds. The van der Waals surface area contributed by atoms with Gasteiger partial charge in [-0.15, -0.1) is 0 Å². The molecule has 8 heteroatoms. The summed E-state index contributed by atoms with van der Waals surface area (Å²) in [7, 11) is 0. The van der Waals surface area contributed by atoms with Crippen LogP contribution in [0.15, 0.2) is 12.1 Å². The molecule has 0 saturated carbocycles. The standard InChI is InChI=1S/C8H7BF5O.K/c1-5-2-6(10)7(11)3-8(5)15-4-9(12,13)14;/h2-3H,4H2,1H3;/q-1;+1. The van der Waals surface area contributed by atoms with Gasteiger partial charge in [0.05, 0.1) is 6.51 Å². The van der Waals surface area contributed by atoms with Crippen LogP contribution < -0.4 is 56.1 Å². The van der Waals surface area contributed by atoms with Crippen LogP contribution in [0.25, 0.3) is 0 Å². The molecular weight excluding hydrogens is 257 g/mol. The summed E-state index contributed by atoms with van der Waals surface area (Å²) in [5, 5.41) is 0. The van der Waals surface area contributed by atoms with Crippen molar-refractivity contribution >= 4 is 6.98 Å². The molecule has 0 aliphatic heterocycles. The Morgan fingerprint density at radius 1 is 1.12 bits per heavy atom. The summed E-state index contributed by atoms with van der Waals surface area (Å²) in [4.78, 5) is 0. The van der Waals surface area contributed by atoms with Gasteiger partial charge in [-0.3, -0.25) is 0 Å². The molecule has 0 aliphatic rings. The van der Waals surface area contributed by atoms with Crippen molar-refractivity contribution < 1.29 is 77.8 Å². The van der Waals surface area contributed by atoms with Crippen LogP contribution in [0.1, 0.15) is 5.56 Å². The van der Waals surface area contributed by atoms with Crippen molar-refractivity contribution in [3.8, 4) is 5.75 Å². The fourth-order valence-electron chi connectivity index (χ4n) is 0.968. The smallest absolute Gasteiger partial charge is 0.521 e. The molecular formula is C8H7BF5KO. The van der Waals surface area contributed by atoms with Crippen LogP contribution in [0.4, 0.5) is 21.7 Å².